The molecule has 3 aromatic rings. The average molecular weight is 475 g/mol. The molecule has 0 saturated heterocycles. The molecule has 32 heavy (non-hydrogen) atoms. The van der Waals surface area contributed by atoms with Gasteiger partial charge in [-0.1, -0.05) is 57.2 Å². The third-order valence-corrected chi connectivity index (χ3v) is 7.35. The molecule has 0 aliphatic rings. The van der Waals surface area contributed by atoms with E-state index in [9.17, 15) is 13.2 Å². The molecule has 0 saturated carbocycles. The van der Waals surface area contributed by atoms with Gasteiger partial charge in [-0.05, 0) is 48.6 Å². The van der Waals surface area contributed by atoms with Crippen molar-refractivity contribution in [3.8, 4) is 0 Å². The standard InChI is InChI=1S/C23H30N4O3S2/c1-4-6-13-27-21-12-11-17(32(24,29)30)14-20(21)26-23(27)31-15-22(28)25-19-10-8-7-9-18(19)16(3)5-2/h7-12,14,16H,4-6,13,15H2,1-3H3,(H,25,28)(H2,24,29,30)/t16-/m1/s1. The number of fused-ring (bicyclic) bond motifs is 1. The second kappa shape index (κ2) is 10.5. The minimum absolute atomic E-state index is 0.0288. The Bertz CT molecular complexity index is 1210. The second-order valence-corrected chi connectivity index (χ2v) is 10.3. The molecule has 3 rings (SSSR count). The SMILES string of the molecule is CCCCn1c(SCC(=O)Nc2ccccc2[C@H](C)CC)nc2cc(S(N)(=O)=O)ccc21. The fourth-order valence-corrected chi connectivity index (χ4v) is 4.86. The fraction of sp³-hybridized carbons (Fsp3) is 0.391. The van der Waals surface area contributed by atoms with E-state index in [0.29, 0.717) is 16.6 Å². The zero-order valence-electron chi connectivity index (χ0n) is 18.7. The zero-order chi connectivity index (χ0) is 23.3. The number of benzene rings is 2. The Hall–Kier alpha value is -2.36. The normalized spacial score (nSPS) is 12.8. The summed E-state index contributed by atoms with van der Waals surface area (Å²) in [7, 11) is -3.81. The first kappa shape index (κ1) is 24.3. The number of aromatic nitrogens is 2. The van der Waals surface area contributed by atoms with Gasteiger partial charge in [0, 0.05) is 12.2 Å². The number of primary sulfonamides is 1. The number of thioether (sulfide) groups is 1. The Labute approximate surface area is 193 Å². The Morgan fingerprint density at radius 2 is 1.97 bits per heavy atom. The molecule has 0 unspecified atom stereocenters. The predicted octanol–water partition coefficient (Wildman–Crippen LogP) is 4.73. The molecule has 1 amide bonds. The van der Waals surface area contributed by atoms with Crippen LogP contribution in [0.5, 0.6) is 0 Å². The van der Waals surface area contributed by atoms with E-state index in [4.69, 9.17) is 5.14 Å². The maximum absolute atomic E-state index is 12.7. The molecule has 1 aromatic heterocycles. The summed E-state index contributed by atoms with van der Waals surface area (Å²) in [6.45, 7) is 7.11. The van der Waals surface area contributed by atoms with Gasteiger partial charge in [-0.15, -0.1) is 0 Å². The summed E-state index contributed by atoms with van der Waals surface area (Å²) in [6, 6.07) is 12.6. The lowest BCUT2D eigenvalue weighted by atomic mass is 9.97. The summed E-state index contributed by atoms with van der Waals surface area (Å²) in [4.78, 5) is 17.3. The molecule has 9 heteroatoms. The Kier molecular flexibility index (Phi) is 7.97. The molecule has 1 heterocycles. The molecule has 0 bridgehead atoms. The van der Waals surface area contributed by atoms with E-state index in [1.54, 1.807) is 6.07 Å². The molecule has 1 atom stereocenters. The summed E-state index contributed by atoms with van der Waals surface area (Å²) in [5.74, 6) is 0.447. The summed E-state index contributed by atoms with van der Waals surface area (Å²) < 4.78 is 25.5. The van der Waals surface area contributed by atoms with Gasteiger partial charge in [-0.3, -0.25) is 4.79 Å². The fourth-order valence-electron chi connectivity index (χ4n) is 3.48. The molecule has 0 radical (unpaired) electrons. The van der Waals surface area contributed by atoms with Crippen LogP contribution in [0.15, 0.2) is 52.5 Å². The first-order chi connectivity index (χ1) is 15.2. The summed E-state index contributed by atoms with van der Waals surface area (Å²) in [5, 5.41) is 8.98. The average Bonchev–Trinajstić information content (AvgIpc) is 3.12. The number of anilines is 1. The molecule has 0 spiro atoms. The van der Waals surface area contributed by atoms with Crippen LogP contribution in [0.4, 0.5) is 5.69 Å². The van der Waals surface area contributed by atoms with Gasteiger partial charge in [0.15, 0.2) is 5.16 Å². The number of sulfonamides is 1. The third kappa shape index (κ3) is 5.70. The van der Waals surface area contributed by atoms with Gasteiger partial charge < -0.3 is 9.88 Å². The lowest BCUT2D eigenvalue weighted by Crippen LogP contribution is -2.16. The van der Waals surface area contributed by atoms with Crippen molar-refractivity contribution in [3.63, 3.8) is 0 Å². The number of carbonyl (C=O) groups is 1. The Morgan fingerprint density at radius 1 is 1.22 bits per heavy atom. The smallest absolute Gasteiger partial charge is 0.238 e. The van der Waals surface area contributed by atoms with Crippen molar-refractivity contribution >= 4 is 44.4 Å². The van der Waals surface area contributed by atoms with E-state index in [1.165, 1.54) is 23.9 Å². The van der Waals surface area contributed by atoms with Crippen molar-refractivity contribution < 1.29 is 13.2 Å². The number of rotatable bonds is 10. The van der Waals surface area contributed by atoms with Crippen molar-refractivity contribution in [1.29, 1.82) is 0 Å². The van der Waals surface area contributed by atoms with Gasteiger partial charge in [0.05, 0.1) is 21.7 Å². The lowest BCUT2D eigenvalue weighted by Gasteiger charge is -2.15. The minimum Gasteiger partial charge on any atom is -0.325 e. The highest BCUT2D eigenvalue weighted by Gasteiger charge is 2.17. The molecule has 0 aliphatic heterocycles. The van der Waals surface area contributed by atoms with Gasteiger partial charge in [0.25, 0.3) is 0 Å². The maximum atomic E-state index is 12.7. The van der Waals surface area contributed by atoms with Crippen LogP contribution in [0, 0.1) is 0 Å². The van der Waals surface area contributed by atoms with E-state index < -0.39 is 10.0 Å². The third-order valence-electron chi connectivity index (χ3n) is 5.46. The molecule has 3 N–H and O–H groups in total. The molecule has 0 fully saturated rings. The Balaban J connectivity index is 1.81. The second-order valence-electron chi connectivity index (χ2n) is 7.83. The molecule has 0 aliphatic carbocycles. The number of hydrogen-bond acceptors (Lipinski definition) is 5. The van der Waals surface area contributed by atoms with E-state index >= 15 is 0 Å². The highest BCUT2D eigenvalue weighted by Crippen LogP contribution is 2.29. The van der Waals surface area contributed by atoms with E-state index in [-0.39, 0.29) is 16.6 Å². The quantitative estimate of drug-likeness (QED) is 0.413. The van der Waals surface area contributed by atoms with Gasteiger partial charge in [0.1, 0.15) is 0 Å². The number of aryl methyl sites for hydroxylation is 1. The van der Waals surface area contributed by atoms with Crippen LogP contribution in [0.3, 0.4) is 0 Å². The van der Waals surface area contributed by atoms with Gasteiger partial charge in [-0.2, -0.15) is 0 Å². The monoisotopic (exact) mass is 474 g/mol. The van der Waals surface area contributed by atoms with Gasteiger partial charge in [0.2, 0.25) is 15.9 Å². The zero-order valence-corrected chi connectivity index (χ0v) is 20.3. The van der Waals surface area contributed by atoms with Crippen molar-refractivity contribution in [1.82, 2.24) is 9.55 Å². The van der Waals surface area contributed by atoms with E-state index in [1.807, 2.05) is 28.8 Å². The molecule has 172 valence electrons. The van der Waals surface area contributed by atoms with Crippen molar-refractivity contribution in [2.75, 3.05) is 11.1 Å². The molecular formula is C23H30N4O3S2. The van der Waals surface area contributed by atoms with Crippen molar-refractivity contribution in [2.24, 2.45) is 5.14 Å². The van der Waals surface area contributed by atoms with Crippen LogP contribution in [0.25, 0.3) is 11.0 Å². The summed E-state index contributed by atoms with van der Waals surface area (Å²) in [6.07, 6.45) is 2.94. The number of amides is 1. The Morgan fingerprint density at radius 3 is 2.66 bits per heavy atom. The van der Waals surface area contributed by atoms with E-state index in [0.717, 1.165) is 42.6 Å². The van der Waals surface area contributed by atoms with Crippen LogP contribution in [0.1, 0.15) is 51.5 Å². The van der Waals surface area contributed by atoms with Crippen LogP contribution in [0.2, 0.25) is 0 Å². The van der Waals surface area contributed by atoms with Crippen molar-refractivity contribution in [3.05, 3.63) is 48.0 Å². The lowest BCUT2D eigenvalue weighted by molar-refractivity contribution is -0.113. The number of nitrogens with one attached hydrogen (secondary N) is 1. The van der Waals surface area contributed by atoms with Crippen LogP contribution in [-0.4, -0.2) is 29.6 Å². The number of nitrogens with zero attached hydrogens (tertiary/aromatic N) is 2. The highest BCUT2D eigenvalue weighted by molar-refractivity contribution is 7.99. The van der Waals surface area contributed by atoms with Gasteiger partial charge >= 0.3 is 0 Å². The van der Waals surface area contributed by atoms with Crippen LogP contribution < -0.4 is 10.5 Å². The number of nitrogens with two attached hydrogens (primary N) is 1. The molecule has 7 nitrogen and oxygen atoms in total. The maximum Gasteiger partial charge on any atom is 0.238 e. The summed E-state index contributed by atoms with van der Waals surface area (Å²) >= 11 is 1.34. The van der Waals surface area contributed by atoms with E-state index in [2.05, 4.69) is 31.1 Å². The summed E-state index contributed by atoms with van der Waals surface area (Å²) in [5.41, 5.74) is 3.34. The number of para-hydroxylation sites is 1. The topological polar surface area (TPSA) is 107 Å². The van der Waals surface area contributed by atoms with Gasteiger partial charge in [-0.25, -0.2) is 18.5 Å². The molecule has 2 aromatic carbocycles. The number of carbonyl (C=O) groups excluding carboxylic acids is 1. The largest absolute Gasteiger partial charge is 0.325 e. The molecular weight excluding hydrogens is 444 g/mol. The van der Waals surface area contributed by atoms with Crippen LogP contribution >= 0.6 is 11.8 Å². The first-order valence-electron chi connectivity index (χ1n) is 10.8. The first-order valence-corrected chi connectivity index (χ1v) is 13.3. The highest BCUT2D eigenvalue weighted by atomic mass is 32.2. The number of imidazole rings is 1. The number of hydrogen-bond donors (Lipinski definition) is 2. The van der Waals surface area contributed by atoms with Crippen LogP contribution in [-0.2, 0) is 21.4 Å². The predicted molar refractivity (Wildman–Crippen MR) is 131 cm³/mol. The number of unbranched alkanes of at least 4 members (excludes halogenated alkanes) is 1. The van der Waals surface area contributed by atoms with Crippen molar-refractivity contribution in [2.45, 2.75) is 62.5 Å². The minimum atomic E-state index is -3.81.